The summed E-state index contributed by atoms with van der Waals surface area (Å²) in [6.07, 6.45) is 0. The first kappa shape index (κ1) is 12.6. The molecule has 0 saturated carbocycles. The highest BCUT2D eigenvalue weighted by Crippen LogP contribution is 2.15. The standard InChI is InChI=1S/C15H9FN2O/c16-15-6-3-12(7-13(15)9-18)10-19-14-4-1-11(8-17)2-5-14/h1-7H,10H2. The molecule has 0 bridgehead atoms. The second-order valence-electron chi connectivity index (χ2n) is 3.85. The van der Waals surface area contributed by atoms with Gasteiger partial charge in [0, 0.05) is 0 Å². The molecule has 0 heterocycles. The molecule has 2 aromatic carbocycles. The van der Waals surface area contributed by atoms with Crippen LogP contribution in [0.1, 0.15) is 16.7 Å². The van der Waals surface area contributed by atoms with Gasteiger partial charge >= 0.3 is 0 Å². The lowest BCUT2D eigenvalue weighted by molar-refractivity contribution is 0.306. The van der Waals surface area contributed by atoms with Crippen molar-refractivity contribution in [3.8, 4) is 17.9 Å². The molecule has 2 aromatic rings. The van der Waals surface area contributed by atoms with Crippen LogP contribution in [0.5, 0.6) is 5.75 Å². The van der Waals surface area contributed by atoms with Gasteiger partial charge in [0.05, 0.1) is 17.2 Å². The highest BCUT2D eigenvalue weighted by atomic mass is 19.1. The average molecular weight is 252 g/mol. The van der Waals surface area contributed by atoms with E-state index >= 15 is 0 Å². The Morgan fingerprint density at radius 2 is 1.74 bits per heavy atom. The Balaban J connectivity index is 2.06. The number of benzene rings is 2. The topological polar surface area (TPSA) is 56.8 Å². The normalized spacial score (nSPS) is 9.42. The van der Waals surface area contributed by atoms with Gasteiger partial charge in [-0.15, -0.1) is 0 Å². The first-order chi connectivity index (χ1) is 9.22. The van der Waals surface area contributed by atoms with E-state index in [0.717, 1.165) is 0 Å². The predicted octanol–water partition coefficient (Wildman–Crippen LogP) is 3.15. The molecule has 3 nitrogen and oxygen atoms in total. The van der Waals surface area contributed by atoms with Gasteiger partial charge in [-0.05, 0) is 42.0 Å². The minimum absolute atomic E-state index is 0.000860. The van der Waals surface area contributed by atoms with E-state index in [1.54, 1.807) is 36.4 Å². The fraction of sp³-hybridized carbons (Fsp3) is 0.0667. The number of halogens is 1. The zero-order chi connectivity index (χ0) is 13.7. The van der Waals surface area contributed by atoms with Gasteiger partial charge in [-0.3, -0.25) is 0 Å². The summed E-state index contributed by atoms with van der Waals surface area (Å²) in [5.74, 6) is 0.0754. The van der Waals surface area contributed by atoms with Crippen LogP contribution in [0.15, 0.2) is 42.5 Å². The third kappa shape index (κ3) is 3.08. The van der Waals surface area contributed by atoms with Crippen molar-refractivity contribution in [3.63, 3.8) is 0 Å². The SMILES string of the molecule is N#Cc1ccc(OCc2ccc(F)c(C#N)c2)cc1. The summed E-state index contributed by atoms with van der Waals surface area (Å²) < 4.78 is 18.6. The lowest BCUT2D eigenvalue weighted by Crippen LogP contribution is -1.97. The molecule has 0 N–H and O–H groups in total. The monoisotopic (exact) mass is 252 g/mol. The molecular formula is C15H9FN2O. The van der Waals surface area contributed by atoms with E-state index in [-0.39, 0.29) is 12.2 Å². The van der Waals surface area contributed by atoms with Crippen LogP contribution in [0, 0.1) is 28.5 Å². The molecular weight excluding hydrogens is 243 g/mol. The summed E-state index contributed by atoms with van der Waals surface area (Å²) in [4.78, 5) is 0. The molecule has 0 unspecified atom stereocenters. The van der Waals surface area contributed by atoms with Crippen LogP contribution < -0.4 is 4.74 Å². The minimum atomic E-state index is -0.537. The Labute approximate surface area is 110 Å². The first-order valence-corrected chi connectivity index (χ1v) is 5.54. The summed E-state index contributed by atoms with van der Waals surface area (Å²) in [5.41, 5.74) is 1.27. The fourth-order valence-electron chi connectivity index (χ4n) is 1.54. The molecule has 4 heteroatoms. The summed E-state index contributed by atoms with van der Waals surface area (Å²) in [5, 5.41) is 17.4. The van der Waals surface area contributed by atoms with E-state index in [9.17, 15) is 4.39 Å². The third-order valence-corrected chi connectivity index (χ3v) is 2.54. The van der Waals surface area contributed by atoms with E-state index in [1.165, 1.54) is 12.1 Å². The number of ether oxygens (including phenoxy) is 1. The quantitative estimate of drug-likeness (QED) is 0.843. The molecule has 92 valence electrons. The van der Waals surface area contributed by atoms with Crippen LogP contribution in [0.25, 0.3) is 0 Å². The maximum atomic E-state index is 13.1. The Morgan fingerprint density at radius 3 is 2.37 bits per heavy atom. The summed E-state index contributed by atoms with van der Waals surface area (Å²) in [6.45, 7) is 0.237. The van der Waals surface area contributed by atoms with E-state index in [0.29, 0.717) is 16.9 Å². The smallest absolute Gasteiger partial charge is 0.140 e. The number of nitrogens with zero attached hydrogens (tertiary/aromatic N) is 2. The zero-order valence-electron chi connectivity index (χ0n) is 9.93. The molecule has 0 saturated heterocycles. The van der Waals surface area contributed by atoms with Gasteiger partial charge in [0.15, 0.2) is 0 Å². The molecule has 2 rings (SSSR count). The number of rotatable bonds is 3. The average Bonchev–Trinajstić information content (AvgIpc) is 2.47. The van der Waals surface area contributed by atoms with E-state index in [1.807, 2.05) is 6.07 Å². The van der Waals surface area contributed by atoms with Crippen LogP contribution >= 0.6 is 0 Å². The Hall–Kier alpha value is -2.85. The lowest BCUT2D eigenvalue weighted by atomic mass is 10.1. The second kappa shape index (κ2) is 5.66. The van der Waals surface area contributed by atoms with Gasteiger partial charge in [0.2, 0.25) is 0 Å². The largest absolute Gasteiger partial charge is 0.489 e. The molecule has 0 aliphatic rings. The van der Waals surface area contributed by atoms with E-state index < -0.39 is 5.82 Å². The van der Waals surface area contributed by atoms with Gasteiger partial charge in [-0.2, -0.15) is 10.5 Å². The molecule has 0 spiro atoms. The minimum Gasteiger partial charge on any atom is -0.489 e. The van der Waals surface area contributed by atoms with Crippen molar-refractivity contribution in [2.75, 3.05) is 0 Å². The van der Waals surface area contributed by atoms with Gasteiger partial charge in [0.25, 0.3) is 0 Å². The second-order valence-corrected chi connectivity index (χ2v) is 3.85. The molecule has 0 aliphatic carbocycles. The molecule has 19 heavy (non-hydrogen) atoms. The van der Waals surface area contributed by atoms with Crippen molar-refractivity contribution in [2.45, 2.75) is 6.61 Å². The van der Waals surface area contributed by atoms with Gasteiger partial charge in [0.1, 0.15) is 24.2 Å². The van der Waals surface area contributed by atoms with Crippen LogP contribution in [0.4, 0.5) is 4.39 Å². The lowest BCUT2D eigenvalue weighted by Gasteiger charge is -2.06. The van der Waals surface area contributed by atoms with E-state index in [4.69, 9.17) is 15.3 Å². The Morgan fingerprint density at radius 1 is 1.00 bits per heavy atom. The zero-order valence-corrected chi connectivity index (χ0v) is 9.93. The van der Waals surface area contributed by atoms with Crippen molar-refractivity contribution in [1.29, 1.82) is 10.5 Å². The number of hydrogen-bond donors (Lipinski definition) is 0. The van der Waals surface area contributed by atoms with Gasteiger partial charge in [-0.1, -0.05) is 6.07 Å². The van der Waals surface area contributed by atoms with Crippen molar-refractivity contribution >= 4 is 0 Å². The van der Waals surface area contributed by atoms with Crippen LogP contribution in [0.3, 0.4) is 0 Å². The molecule has 0 amide bonds. The van der Waals surface area contributed by atoms with Gasteiger partial charge < -0.3 is 4.74 Å². The number of nitriles is 2. The fourth-order valence-corrected chi connectivity index (χ4v) is 1.54. The first-order valence-electron chi connectivity index (χ1n) is 5.54. The molecule has 0 atom stereocenters. The highest BCUT2D eigenvalue weighted by molar-refractivity contribution is 5.36. The number of hydrogen-bond acceptors (Lipinski definition) is 3. The Bertz CT molecular complexity index is 666. The van der Waals surface area contributed by atoms with Crippen LogP contribution in [-0.4, -0.2) is 0 Å². The summed E-state index contributed by atoms with van der Waals surface area (Å²) >= 11 is 0. The Kier molecular flexibility index (Phi) is 3.75. The highest BCUT2D eigenvalue weighted by Gasteiger charge is 2.03. The summed E-state index contributed by atoms with van der Waals surface area (Å²) in [7, 11) is 0. The van der Waals surface area contributed by atoms with Crippen molar-refractivity contribution < 1.29 is 9.13 Å². The third-order valence-electron chi connectivity index (χ3n) is 2.54. The summed E-state index contributed by atoms with van der Waals surface area (Å²) in [6, 6.07) is 14.8. The molecule has 0 fully saturated rings. The molecule has 0 radical (unpaired) electrons. The van der Waals surface area contributed by atoms with Crippen molar-refractivity contribution in [1.82, 2.24) is 0 Å². The van der Waals surface area contributed by atoms with Crippen molar-refractivity contribution in [3.05, 3.63) is 65.0 Å². The molecule has 0 aliphatic heterocycles. The molecule has 0 aromatic heterocycles. The maximum Gasteiger partial charge on any atom is 0.140 e. The van der Waals surface area contributed by atoms with Crippen molar-refractivity contribution in [2.24, 2.45) is 0 Å². The van der Waals surface area contributed by atoms with Gasteiger partial charge in [-0.25, -0.2) is 4.39 Å². The predicted molar refractivity (Wildman–Crippen MR) is 66.6 cm³/mol. The van der Waals surface area contributed by atoms with E-state index in [2.05, 4.69) is 0 Å². The van der Waals surface area contributed by atoms with Crippen LogP contribution in [0.2, 0.25) is 0 Å². The van der Waals surface area contributed by atoms with Crippen LogP contribution in [-0.2, 0) is 6.61 Å². The maximum absolute atomic E-state index is 13.1.